The summed E-state index contributed by atoms with van der Waals surface area (Å²) in [5.74, 6) is -0.813. The number of nitrogens with zero attached hydrogens (tertiary/aromatic N) is 1. The van der Waals surface area contributed by atoms with Gasteiger partial charge in [-0.1, -0.05) is 12.1 Å². The molecular formula is C11H10FNO3S. The standard InChI is InChI=1S/C11H10FNO3S/c1-17(15,16)9-4-2-3-8(10(9)12)11(5-6-11)13-7-14/h2-4H,5-6H2,1H3. The Kier molecular flexibility index (Phi) is 2.64. The summed E-state index contributed by atoms with van der Waals surface area (Å²) in [6.07, 6.45) is 3.42. The Hall–Kier alpha value is -1.52. The Morgan fingerprint density at radius 2 is 2.06 bits per heavy atom. The van der Waals surface area contributed by atoms with E-state index in [1.807, 2.05) is 0 Å². The first-order valence-corrected chi connectivity index (χ1v) is 6.88. The second kappa shape index (κ2) is 3.75. The van der Waals surface area contributed by atoms with E-state index in [1.165, 1.54) is 24.3 Å². The van der Waals surface area contributed by atoms with Crippen molar-refractivity contribution in [2.24, 2.45) is 4.99 Å². The van der Waals surface area contributed by atoms with Crippen molar-refractivity contribution in [3.63, 3.8) is 0 Å². The maximum atomic E-state index is 14.1. The van der Waals surface area contributed by atoms with Crippen LogP contribution in [0.1, 0.15) is 18.4 Å². The van der Waals surface area contributed by atoms with E-state index in [9.17, 15) is 17.6 Å². The van der Waals surface area contributed by atoms with Gasteiger partial charge in [0.25, 0.3) is 0 Å². The molecule has 0 spiro atoms. The number of aliphatic imine (C=N–C) groups is 1. The van der Waals surface area contributed by atoms with Gasteiger partial charge in [0.2, 0.25) is 6.08 Å². The molecule has 1 aromatic carbocycles. The normalized spacial score (nSPS) is 17.3. The largest absolute Gasteiger partial charge is 0.235 e. The lowest BCUT2D eigenvalue weighted by Crippen LogP contribution is -2.10. The topological polar surface area (TPSA) is 63.6 Å². The summed E-state index contributed by atoms with van der Waals surface area (Å²) < 4.78 is 36.8. The van der Waals surface area contributed by atoms with E-state index in [-0.39, 0.29) is 10.5 Å². The van der Waals surface area contributed by atoms with Crippen molar-refractivity contribution in [1.29, 1.82) is 0 Å². The van der Waals surface area contributed by atoms with Crippen molar-refractivity contribution in [3.05, 3.63) is 29.6 Å². The number of carbonyl (C=O) groups excluding carboxylic acids is 1. The van der Waals surface area contributed by atoms with Crippen molar-refractivity contribution in [3.8, 4) is 0 Å². The minimum absolute atomic E-state index is 0.156. The molecule has 4 nitrogen and oxygen atoms in total. The molecule has 2 rings (SSSR count). The molecule has 0 bridgehead atoms. The molecule has 1 aliphatic rings. The van der Waals surface area contributed by atoms with Crippen LogP contribution >= 0.6 is 0 Å². The molecular weight excluding hydrogens is 245 g/mol. The third-order valence-corrected chi connectivity index (χ3v) is 3.96. The first-order valence-electron chi connectivity index (χ1n) is 4.99. The van der Waals surface area contributed by atoms with Crippen molar-refractivity contribution in [1.82, 2.24) is 0 Å². The SMILES string of the molecule is CS(=O)(=O)c1cccc(C2(N=C=O)CC2)c1F. The van der Waals surface area contributed by atoms with Crippen LogP contribution in [-0.2, 0) is 20.2 Å². The van der Waals surface area contributed by atoms with Crippen LogP contribution in [0.5, 0.6) is 0 Å². The van der Waals surface area contributed by atoms with E-state index in [0.29, 0.717) is 12.8 Å². The third-order valence-electron chi connectivity index (χ3n) is 2.85. The molecule has 0 atom stereocenters. The maximum absolute atomic E-state index is 14.1. The number of hydrogen-bond acceptors (Lipinski definition) is 4. The van der Waals surface area contributed by atoms with E-state index in [0.717, 1.165) is 6.26 Å². The molecule has 0 N–H and O–H groups in total. The fourth-order valence-corrected chi connectivity index (χ4v) is 2.56. The Bertz CT molecular complexity index is 614. The number of rotatable bonds is 3. The van der Waals surface area contributed by atoms with Crippen molar-refractivity contribution in [2.75, 3.05) is 6.26 Å². The predicted molar refractivity (Wildman–Crippen MR) is 58.5 cm³/mol. The Balaban J connectivity index is 2.63. The summed E-state index contributed by atoms with van der Waals surface area (Å²) >= 11 is 0. The third kappa shape index (κ3) is 2.01. The highest BCUT2D eigenvalue weighted by Crippen LogP contribution is 2.50. The molecule has 0 heterocycles. The summed E-state index contributed by atoms with van der Waals surface area (Å²) in [4.78, 5) is 13.5. The molecule has 1 fully saturated rings. The van der Waals surface area contributed by atoms with Crippen LogP contribution < -0.4 is 0 Å². The zero-order valence-corrected chi connectivity index (χ0v) is 9.92. The van der Waals surface area contributed by atoms with E-state index in [2.05, 4.69) is 4.99 Å². The number of hydrogen-bond donors (Lipinski definition) is 0. The molecule has 0 aromatic heterocycles. The molecule has 1 aromatic rings. The van der Waals surface area contributed by atoms with Gasteiger partial charge in [-0.25, -0.2) is 17.6 Å². The monoisotopic (exact) mass is 255 g/mol. The second-order valence-corrected chi connectivity index (χ2v) is 6.11. The Labute approximate surface area is 98.1 Å². The first-order chi connectivity index (χ1) is 7.91. The summed E-state index contributed by atoms with van der Waals surface area (Å²) in [6, 6.07) is 4.11. The van der Waals surface area contributed by atoms with Crippen LogP contribution in [0.2, 0.25) is 0 Å². The lowest BCUT2D eigenvalue weighted by Gasteiger charge is -2.11. The van der Waals surface area contributed by atoms with Crippen molar-refractivity contribution >= 4 is 15.9 Å². The Morgan fingerprint density at radius 1 is 1.41 bits per heavy atom. The zero-order valence-electron chi connectivity index (χ0n) is 9.10. The number of sulfone groups is 1. The molecule has 0 unspecified atom stereocenters. The van der Waals surface area contributed by atoms with Crippen LogP contribution in [0.25, 0.3) is 0 Å². The van der Waals surface area contributed by atoms with Gasteiger partial charge in [-0.05, 0) is 18.9 Å². The Morgan fingerprint density at radius 3 is 2.53 bits per heavy atom. The van der Waals surface area contributed by atoms with E-state index in [1.54, 1.807) is 0 Å². The molecule has 1 aliphatic carbocycles. The summed E-state index contributed by atoms with van der Waals surface area (Å²) in [6.45, 7) is 0. The van der Waals surface area contributed by atoms with Gasteiger partial charge in [0.05, 0.1) is 0 Å². The van der Waals surface area contributed by atoms with Crippen LogP contribution in [-0.4, -0.2) is 20.8 Å². The van der Waals surface area contributed by atoms with Gasteiger partial charge in [0.15, 0.2) is 9.84 Å². The highest BCUT2D eigenvalue weighted by Gasteiger charge is 2.47. The van der Waals surface area contributed by atoms with Gasteiger partial charge in [0, 0.05) is 11.8 Å². The first kappa shape index (κ1) is 12.0. The molecule has 0 radical (unpaired) electrons. The molecule has 0 saturated heterocycles. The summed E-state index contributed by atoms with van der Waals surface area (Å²) in [5.41, 5.74) is -0.740. The van der Waals surface area contributed by atoms with Gasteiger partial charge in [0.1, 0.15) is 16.3 Å². The molecule has 17 heavy (non-hydrogen) atoms. The fourth-order valence-electron chi connectivity index (χ4n) is 1.80. The molecule has 0 amide bonds. The second-order valence-electron chi connectivity index (χ2n) is 4.12. The average Bonchev–Trinajstić information content (AvgIpc) is 2.98. The lowest BCUT2D eigenvalue weighted by molar-refractivity contribution is 0.534. The minimum Gasteiger partial charge on any atom is -0.224 e. The molecule has 6 heteroatoms. The zero-order chi connectivity index (χ0) is 12.7. The van der Waals surface area contributed by atoms with Gasteiger partial charge in [-0.2, -0.15) is 4.99 Å². The molecule has 90 valence electrons. The van der Waals surface area contributed by atoms with Crippen LogP contribution in [0.3, 0.4) is 0 Å². The van der Waals surface area contributed by atoms with E-state index in [4.69, 9.17) is 0 Å². The van der Waals surface area contributed by atoms with E-state index < -0.39 is 21.2 Å². The highest BCUT2D eigenvalue weighted by atomic mass is 32.2. The minimum atomic E-state index is -3.62. The van der Waals surface area contributed by atoms with Gasteiger partial charge in [-0.3, -0.25) is 0 Å². The van der Waals surface area contributed by atoms with Crippen molar-refractivity contribution in [2.45, 2.75) is 23.3 Å². The van der Waals surface area contributed by atoms with Crippen LogP contribution in [0.4, 0.5) is 4.39 Å². The fraction of sp³-hybridized carbons (Fsp3) is 0.364. The number of benzene rings is 1. The van der Waals surface area contributed by atoms with Crippen LogP contribution in [0.15, 0.2) is 28.1 Å². The number of halogens is 1. The van der Waals surface area contributed by atoms with Crippen molar-refractivity contribution < 1.29 is 17.6 Å². The van der Waals surface area contributed by atoms with Crippen LogP contribution in [0, 0.1) is 5.82 Å². The smallest absolute Gasteiger partial charge is 0.224 e. The highest BCUT2D eigenvalue weighted by molar-refractivity contribution is 7.90. The maximum Gasteiger partial charge on any atom is 0.235 e. The molecule has 1 saturated carbocycles. The van der Waals surface area contributed by atoms with E-state index >= 15 is 0 Å². The van der Waals surface area contributed by atoms with Gasteiger partial charge in [-0.15, -0.1) is 0 Å². The molecule has 0 aliphatic heterocycles. The van der Waals surface area contributed by atoms with Gasteiger partial charge < -0.3 is 0 Å². The number of isocyanates is 1. The average molecular weight is 255 g/mol. The van der Waals surface area contributed by atoms with Gasteiger partial charge >= 0.3 is 0 Å². The lowest BCUT2D eigenvalue weighted by atomic mass is 10.1. The quantitative estimate of drug-likeness (QED) is 0.608. The summed E-state index contributed by atoms with van der Waals surface area (Å²) in [5, 5.41) is 0. The summed E-state index contributed by atoms with van der Waals surface area (Å²) in [7, 11) is -3.62. The predicted octanol–water partition coefficient (Wildman–Crippen LogP) is 1.55.